The molecule has 0 radical (unpaired) electrons. The van der Waals surface area contributed by atoms with Crippen molar-refractivity contribution in [3.8, 4) is 0 Å². The summed E-state index contributed by atoms with van der Waals surface area (Å²) in [6.07, 6.45) is 0.765. The second-order valence-corrected chi connectivity index (χ2v) is 5.51. The van der Waals surface area contributed by atoms with E-state index in [0.29, 0.717) is 5.56 Å². The number of hydrogen-bond donors (Lipinski definition) is 1. The SMILES string of the molecule is Cc1noc(C)c1CN1CCc2c(cccc2C(=O)O)C1. The van der Waals surface area contributed by atoms with Crippen molar-refractivity contribution >= 4 is 5.97 Å². The summed E-state index contributed by atoms with van der Waals surface area (Å²) in [4.78, 5) is 13.6. The Morgan fingerprint density at radius 1 is 1.43 bits per heavy atom. The van der Waals surface area contributed by atoms with Gasteiger partial charge in [-0.1, -0.05) is 17.3 Å². The average molecular weight is 286 g/mol. The lowest BCUT2D eigenvalue weighted by Crippen LogP contribution is -2.31. The average Bonchev–Trinajstić information content (AvgIpc) is 2.78. The zero-order chi connectivity index (χ0) is 15.0. The second-order valence-electron chi connectivity index (χ2n) is 5.51. The summed E-state index contributed by atoms with van der Waals surface area (Å²) in [5.74, 6) is 0.0172. The Morgan fingerprint density at radius 2 is 2.24 bits per heavy atom. The molecule has 21 heavy (non-hydrogen) atoms. The molecule has 0 bridgehead atoms. The molecule has 0 saturated carbocycles. The van der Waals surface area contributed by atoms with Crippen LogP contribution in [-0.4, -0.2) is 27.7 Å². The van der Waals surface area contributed by atoms with E-state index in [1.165, 1.54) is 0 Å². The fraction of sp³-hybridized carbons (Fsp3) is 0.375. The largest absolute Gasteiger partial charge is 0.478 e. The molecule has 0 atom stereocenters. The molecule has 0 unspecified atom stereocenters. The lowest BCUT2D eigenvalue weighted by molar-refractivity contribution is 0.0694. The molecule has 0 aliphatic carbocycles. The fourth-order valence-electron chi connectivity index (χ4n) is 2.95. The Kier molecular flexibility index (Phi) is 3.51. The summed E-state index contributed by atoms with van der Waals surface area (Å²) in [6, 6.07) is 5.52. The van der Waals surface area contributed by atoms with E-state index in [4.69, 9.17) is 4.52 Å². The molecule has 2 heterocycles. The van der Waals surface area contributed by atoms with E-state index in [-0.39, 0.29) is 0 Å². The normalized spacial score (nSPS) is 15.0. The van der Waals surface area contributed by atoms with Crippen LogP contribution in [0.3, 0.4) is 0 Å². The smallest absolute Gasteiger partial charge is 0.335 e. The van der Waals surface area contributed by atoms with Gasteiger partial charge in [-0.3, -0.25) is 4.90 Å². The minimum absolute atomic E-state index is 0.435. The van der Waals surface area contributed by atoms with Gasteiger partial charge < -0.3 is 9.63 Å². The Bertz CT molecular complexity index is 671. The van der Waals surface area contributed by atoms with Crippen LogP contribution < -0.4 is 0 Å². The fourth-order valence-corrected chi connectivity index (χ4v) is 2.95. The summed E-state index contributed by atoms with van der Waals surface area (Å²) >= 11 is 0. The van der Waals surface area contributed by atoms with Crippen molar-refractivity contribution < 1.29 is 14.4 Å². The van der Waals surface area contributed by atoms with Crippen LogP contribution >= 0.6 is 0 Å². The maximum absolute atomic E-state index is 11.3. The molecule has 0 fully saturated rings. The van der Waals surface area contributed by atoms with E-state index in [2.05, 4.69) is 10.1 Å². The van der Waals surface area contributed by atoms with E-state index >= 15 is 0 Å². The summed E-state index contributed by atoms with van der Waals surface area (Å²) in [5, 5.41) is 13.2. The van der Waals surface area contributed by atoms with Crippen molar-refractivity contribution in [2.45, 2.75) is 33.4 Å². The number of aryl methyl sites for hydroxylation is 2. The monoisotopic (exact) mass is 286 g/mol. The highest BCUT2D eigenvalue weighted by atomic mass is 16.5. The van der Waals surface area contributed by atoms with Gasteiger partial charge in [0.2, 0.25) is 0 Å². The topological polar surface area (TPSA) is 66.6 Å². The van der Waals surface area contributed by atoms with E-state index in [1.54, 1.807) is 6.07 Å². The zero-order valence-electron chi connectivity index (χ0n) is 12.2. The number of carboxylic acids is 1. The van der Waals surface area contributed by atoms with E-state index < -0.39 is 5.97 Å². The third-order valence-electron chi connectivity index (χ3n) is 4.14. The van der Waals surface area contributed by atoms with Gasteiger partial charge in [-0.25, -0.2) is 4.79 Å². The second kappa shape index (κ2) is 5.33. The van der Waals surface area contributed by atoms with Crippen molar-refractivity contribution in [3.05, 3.63) is 51.9 Å². The Labute approximate surface area is 123 Å². The van der Waals surface area contributed by atoms with Crippen molar-refractivity contribution in [3.63, 3.8) is 0 Å². The van der Waals surface area contributed by atoms with Crippen molar-refractivity contribution in [1.29, 1.82) is 0 Å². The first-order valence-corrected chi connectivity index (χ1v) is 7.04. The molecule has 3 rings (SSSR count). The Hall–Kier alpha value is -2.14. The number of rotatable bonds is 3. The molecule has 110 valence electrons. The maximum Gasteiger partial charge on any atom is 0.335 e. The van der Waals surface area contributed by atoms with Gasteiger partial charge in [-0.2, -0.15) is 0 Å². The molecule has 1 aliphatic rings. The first kappa shape index (κ1) is 13.8. The van der Waals surface area contributed by atoms with E-state index in [0.717, 1.165) is 54.2 Å². The molecule has 5 heteroatoms. The highest BCUT2D eigenvalue weighted by Gasteiger charge is 2.22. The lowest BCUT2D eigenvalue weighted by Gasteiger charge is -2.29. The Morgan fingerprint density at radius 3 is 2.90 bits per heavy atom. The summed E-state index contributed by atoms with van der Waals surface area (Å²) in [5.41, 5.74) is 4.57. The number of benzene rings is 1. The van der Waals surface area contributed by atoms with Gasteiger partial charge in [0.25, 0.3) is 0 Å². The molecule has 1 aliphatic heterocycles. The highest BCUT2D eigenvalue weighted by molar-refractivity contribution is 5.89. The molecule has 5 nitrogen and oxygen atoms in total. The van der Waals surface area contributed by atoms with Crippen molar-refractivity contribution in [1.82, 2.24) is 10.1 Å². The zero-order valence-corrected chi connectivity index (χ0v) is 12.2. The first-order chi connectivity index (χ1) is 10.1. The molecule has 1 aromatic carbocycles. The molecular weight excluding hydrogens is 268 g/mol. The van der Waals surface area contributed by atoms with Crippen LogP contribution in [0.25, 0.3) is 0 Å². The Balaban J connectivity index is 1.82. The molecule has 0 spiro atoms. The quantitative estimate of drug-likeness (QED) is 0.939. The van der Waals surface area contributed by atoms with Gasteiger partial charge in [0.1, 0.15) is 5.76 Å². The van der Waals surface area contributed by atoms with E-state index in [1.807, 2.05) is 26.0 Å². The summed E-state index contributed by atoms with van der Waals surface area (Å²) < 4.78 is 5.20. The number of aromatic carboxylic acids is 1. The van der Waals surface area contributed by atoms with Gasteiger partial charge in [-0.05, 0) is 37.5 Å². The van der Waals surface area contributed by atoms with Gasteiger partial charge in [0.15, 0.2) is 0 Å². The van der Waals surface area contributed by atoms with Gasteiger partial charge in [-0.15, -0.1) is 0 Å². The van der Waals surface area contributed by atoms with Crippen molar-refractivity contribution in [2.75, 3.05) is 6.54 Å². The highest BCUT2D eigenvalue weighted by Crippen LogP contribution is 2.25. The summed E-state index contributed by atoms with van der Waals surface area (Å²) in [7, 11) is 0. The van der Waals surface area contributed by atoms with Crippen LogP contribution in [0, 0.1) is 13.8 Å². The third-order valence-corrected chi connectivity index (χ3v) is 4.14. The predicted octanol–water partition coefficient (Wildman–Crippen LogP) is 2.55. The van der Waals surface area contributed by atoms with Crippen LogP contribution in [0.4, 0.5) is 0 Å². The molecule has 1 N–H and O–H groups in total. The maximum atomic E-state index is 11.3. The van der Waals surface area contributed by atoms with Gasteiger partial charge >= 0.3 is 5.97 Å². The first-order valence-electron chi connectivity index (χ1n) is 7.04. The lowest BCUT2D eigenvalue weighted by atomic mass is 9.94. The molecule has 1 aromatic heterocycles. The number of carboxylic acid groups (broad SMARTS) is 1. The number of hydrogen-bond acceptors (Lipinski definition) is 4. The molecule has 2 aromatic rings. The predicted molar refractivity (Wildman–Crippen MR) is 77.2 cm³/mol. The minimum atomic E-state index is -0.842. The van der Waals surface area contributed by atoms with Gasteiger partial charge in [0, 0.05) is 25.2 Å². The minimum Gasteiger partial charge on any atom is -0.478 e. The van der Waals surface area contributed by atoms with Crippen LogP contribution in [0.2, 0.25) is 0 Å². The number of nitrogens with zero attached hydrogens (tertiary/aromatic N) is 2. The summed E-state index contributed by atoms with van der Waals surface area (Å²) in [6.45, 7) is 6.28. The van der Waals surface area contributed by atoms with Crippen LogP contribution in [0.5, 0.6) is 0 Å². The number of aromatic nitrogens is 1. The van der Waals surface area contributed by atoms with Crippen LogP contribution in [-0.2, 0) is 19.5 Å². The number of carbonyl (C=O) groups is 1. The molecule has 0 amide bonds. The van der Waals surface area contributed by atoms with E-state index in [9.17, 15) is 9.90 Å². The van der Waals surface area contributed by atoms with Crippen molar-refractivity contribution in [2.24, 2.45) is 0 Å². The van der Waals surface area contributed by atoms with Crippen LogP contribution in [0.15, 0.2) is 22.7 Å². The molecule has 0 saturated heterocycles. The van der Waals surface area contributed by atoms with Gasteiger partial charge in [0.05, 0.1) is 11.3 Å². The third kappa shape index (κ3) is 2.56. The standard InChI is InChI=1S/C16H18N2O3/c1-10-15(11(2)21-17-10)9-18-7-6-13-12(8-18)4-3-5-14(13)16(19)20/h3-5H,6-9H2,1-2H3,(H,19,20). The van der Waals surface area contributed by atoms with Crippen LogP contribution in [0.1, 0.15) is 38.5 Å². The molecular formula is C16H18N2O3. The number of fused-ring (bicyclic) bond motifs is 1.